The Bertz CT molecular complexity index is 2360. The summed E-state index contributed by atoms with van der Waals surface area (Å²) in [5.41, 5.74) is 8.42. The third-order valence-corrected chi connectivity index (χ3v) is 9.43. The van der Waals surface area contributed by atoms with E-state index in [1.165, 1.54) is 0 Å². The largest absolute Gasteiger partial charge is 0.357 e. The van der Waals surface area contributed by atoms with Crippen molar-refractivity contribution in [2.45, 2.75) is 39.9 Å². The Morgan fingerprint density at radius 2 is 1.90 bits per heavy atom. The summed E-state index contributed by atoms with van der Waals surface area (Å²) < 4.78 is 4.15. The molecule has 2 aliphatic heterocycles. The maximum atomic E-state index is 12.2. The Morgan fingerprint density at radius 3 is 2.75 bits per heavy atom. The molecule has 10 nitrogen and oxygen atoms in total. The van der Waals surface area contributed by atoms with Gasteiger partial charge in [0.25, 0.3) is 5.91 Å². The molecular weight excluding hydrogens is 600 g/mol. The number of carbonyl (C=O) groups excluding carboxylic acids is 2. The van der Waals surface area contributed by atoms with Crippen molar-refractivity contribution in [2.75, 3.05) is 18.4 Å². The van der Waals surface area contributed by atoms with Gasteiger partial charge in [-0.1, -0.05) is 49.1 Å². The van der Waals surface area contributed by atoms with Gasteiger partial charge in [0.2, 0.25) is 5.91 Å². The van der Waals surface area contributed by atoms with Crippen molar-refractivity contribution in [3.05, 3.63) is 95.1 Å². The number of amides is 2. The lowest BCUT2D eigenvalue weighted by Gasteiger charge is -2.28. The number of nitrogens with zero attached hydrogens (tertiary/aromatic N) is 6. The quantitative estimate of drug-likeness (QED) is 0.250. The fraction of sp³-hybridized carbons (Fsp3) is 0.237. The van der Waals surface area contributed by atoms with Gasteiger partial charge < -0.3 is 20.1 Å². The van der Waals surface area contributed by atoms with Crippen molar-refractivity contribution >= 4 is 39.3 Å². The van der Waals surface area contributed by atoms with Gasteiger partial charge in [-0.25, -0.2) is 4.98 Å². The zero-order valence-electron chi connectivity index (χ0n) is 27.1. The molecule has 3 aromatic carbocycles. The molecule has 8 rings (SSSR count). The smallest absolute Gasteiger partial charge is 0.251 e. The molecule has 0 fully saturated rings. The van der Waals surface area contributed by atoms with Gasteiger partial charge in [0.15, 0.2) is 5.82 Å². The van der Waals surface area contributed by atoms with E-state index in [-0.39, 0.29) is 11.8 Å². The second-order valence-electron chi connectivity index (χ2n) is 12.2. The standard InChI is InChI=1S/C38H34N8O2/c1-4-35-42-36(34-22-45(23(2)47)16-17-46(34)35)27-11-6-9-25-18-32(40-20-31(25)27)26-13-14-29-33(19-26)44(3)43-37(29)39-15-7-10-24-8-5-12-28-30(24)21-41-38(28)48/h5-6,8-9,11-14,18-20H,4,15-17,21-22H2,1-3H3,(H,39,43)(H,41,48). The highest BCUT2D eigenvalue weighted by Gasteiger charge is 2.26. The van der Waals surface area contributed by atoms with Gasteiger partial charge in [0, 0.05) is 79.2 Å². The molecular formula is C38H34N8O2. The van der Waals surface area contributed by atoms with E-state index in [2.05, 4.69) is 76.4 Å². The summed E-state index contributed by atoms with van der Waals surface area (Å²) >= 11 is 0. The van der Waals surface area contributed by atoms with E-state index in [0.29, 0.717) is 31.7 Å². The maximum absolute atomic E-state index is 12.2. The lowest BCUT2D eigenvalue weighted by Crippen LogP contribution is -2.37. The summed E-state index contributed by atoms with van der Waals surface area (Å²) in [6, 6.07) is 20.3. The second kappa shape index (κ2) is 11.7. The monoisotopic (exact) mass is 634 g/mol. The normalized spacial score (nSPS) is 13.6. The van der Waals surface area contributed by atoms with Crippen molar-refractivity contribution in [1.29, 1.82) is 0 Å². The lowest BCUT2D eigenvalue weighted by molar-refractivity contribution is -0.130. The molecule has 0 aliphatic carbocycles. The number of hydrogen-bond donors (Lipinski definition) is 2. The van der Waals surface area contributed by atoms with E-state index >= 15 is 0 Å². The molecule has 6 aromatic rings. The number of fused-ring (bicyclic) bond motifs is 4. The number of aromatic nitrogens is 5. The van der Waals surface area contributed by atoms with Crippen LogP contribution in [0.5, 0.6) is 0 Å². The third kappa shape index (κ3) is 4.95. The van der Waals surface area contributed by atoms with Crippen molar-refractivity contribution in [3.8, 4) is 34.4 Å². The van der Waals surface area contributed by atoms with Gasteiger partial charge in [-0.3, -0.25) is 19.3 Å². The van der Waals surface area contributed by atoms with Crippen LogP contribution in [0, 0.1) is 11.8 Å². The Hall–Kier alpha value is -5.95. The molecule has 0 saturated carbocycles. The second-order valence-corrected chi connectivity index (χ2v) is 12.2. The van der Waals surface area contributed by atoms with E-state index in [9.17, 15) is 9.59 Å². The first-order valence-corrected chi connectivity index (χ1v) is 16.2. The number of carbonyl (C=O) groups is 2. The first-order chi connectivity index (χ1) is 23.4. The maximum Gasteiger partial charge on any atom is 0.251 e. The van der Waals surface area contributed by atoms with E-state index in [0.717, 1.165) is 85.6 Å². The molecule has 0 unspecified atom stereocenters. The average molecular weight is 635 g/mol. The zero-order chi connectivity index (χ0) is 32.9. The topological polar surface area (TPSA) is 110 Å². The molecule has 3 aromatic heterocycles. The zero-order valence-corrected chi connectivity index (χ0v) is 27.1. The van der Waals surface area contributed by atoms with E-state index in [1.54, 1.807) is 6.92 Å². The minimum absolute atomic E-state index is 0.0453. The average Bonchev–Trinajstić information content (AvgIpc) is 3.78. The number of rotatable bonds is 5. The Morgan fingerprint density at radius 1 is 1.04 bits per heavy atom. The summed E-state index contributed by atoms with van der Waals surface area (Å²) in [6.45, 7) is 6.71. The van der Waals surface area contributed by atoms with Crippen LogP contribution in [0.4, 0.5) is 5.82 Å². The molecule has 2 amide bonds. The SMILES string of the molecule is CCc1nc(-c2cccc3cc(-c4ccc5c(NCC#Cc6cccc7c6CNC7=O)nn(C)c5c4)ncc23)c2n1CCN(C(C)=O)C2. The number of pyridine rings is 1. The molecule has 0 atom stereocenters. The van der Waals surface area contributed by atoms with Gasteiger partial charge in [0.05, 0.1) is 35.7 Å². The fourth-order valence-electron chi connectivity index (χ4n) is 6.92. The molecule has 0 saturated heterocycles. The number of nitrogens with one attached hydrogen (secondary N) is 2. The highest BCUT2D eigenvalue weighted by molar-refractivity contribution is 6.00. The summed E-state index contributed by atoms with van der Waals surface area (Å²) in [7, 11) is 1.93. The van der Waals surface area contributed by atoms with Crippen molar-refractivity contribution in [1.82, 2.24) is 34.5 Å². The van der Waals surface area contributed by atoms with Gasteiger partial charge in [-0.15, -0.1) is 0 Å². The van der Waals surface area contributed by atoms with E-state index < -0.39 is 0 Å². The van der Waals surface area contributed by atoms with Crippen LogP contribution in [0.3, 0.4) is 0 Å². The molecule has 10 heteroatoms. The summed E-state index contributed by atoms with van der Waals surface area (Å²) in [5.74, 6) is 8.24. The lowest BCUT2D eigenvalue weighted by atomic mass is 10.00. The predicted molar refractivity (Wildman–Crippen MR) is 186 cm³/mol. The van der Waals surface area contributed by atoms with Crippen molar-refractivity contribution < 1.29 is 9.59 Å². The van der Waals surface area contributed by atoms with E-state index in [4.69, 9.17) is 15.1 Å². The molecule has 2 N–H and O–H groups in total. The van der Waals surface area contributed by atoms with Crippen LogP contribution in [0.15, 0.2) is 66.9 Å². The molecule has 0 spiro atoms. The number of aryl methyl sites for hydroxylation is 2. The van der Waals surface area contributed by atoms with Crippen LogP contribution in [0.1, 0.15) is 46.9 Å². The molecule has 5 heterocycles. The Balaban J connectivity index is 1.07. The van der Waals surface area contributed by atoms with Crippen LogP contribution in [0.2, 0.25) is 0 Å². The van der Waals surface area contributed by atoms with Crippen LogP contribution in [0.25, 0.3) is 44.2 Å². The first kappa shape index (κ1) is 29.5. The van der Waals surface area contributed by atoms with Crippen molar-refractivity contribution in [2.24, 2.45) is 7.05 Å². The van der Waals surface area contributed by atoms with E-state index in [1.807, 2.05) is 41.0 Å². The highest BCUT2D eigenvalue weighted by atomic mass is 16.2. The Kier molecular flexibility index (Phi) is 7.17. The molecule has 2 aliphatic rings. The number of anilines is 1. The van der Waals surface area contributed by atoms with Gasteiger partial charge in [0.1, 0.15) is 5.82 Å². The summed E-state index contributed by atoms with van der Waals surface area (Å²) in [6.07, 6.45) is 2.77. The number of hydrogen-bond acceptors (Lipinski definition) is 6. The molecule has 238 valence electrons. The molecule has 0 radical (unpaired) electrons. The first-order valence-electron chi connectivity index (χ1n) is 16.2. The van der Waals surface area contributed by atoms with Gasteiger partial charge in [-0.05, 0) is 41.3 Å². The minimum Gasteiger partial charge on any atom is -0.357 e. The fourth-order valence-corrected chi connectivity index (χ4v) is 6.92. The number of imidazole rings is 1. The Labute approximate surface area is 277 Å². The molecule has 0 bridgehead atoms. The third-order valence-electron chi connectivity index (χ3n) is 9.43. The van der Waals surface area contributed by atoms with Crippen LogP contribution in [-0.2, 0) is 37.9 Å². The summed E-state index contributed by atoms with van der Waals surface area (Å²) in [4.78, 5) is 36.1. The molecule has 48 heavy (non-hydrogen) atoms. The highest BCUT2D eigenvalue weighted by Crippen LogP contribution is 2.35. The van der Waals surface area contributed by atoms with Crippen LogP contribution in [-0.4, -0.2) is 54.1 Å². The summed E-state index contributed by atoms with van der Waals surface area (Å²) in [5, 5.41) is 14.1. The minimum atomic E-state index is -0.0453. The van der Waals surface area contributed by atoms with Gasteiger partial charge in [-0.2, -0.15) is 5.10 Å². The van der Waals surface area contributed by atoms with Crippen molar-refractivity contribution in [3.63, 3.8) is 0 Å². The number of benzene rings is 3. The van der Waals surface area contributed by atoms with Crippen LogP contribution >= 0.6 is 0 Å². The predicted octanol–water partition coefficient (Wildman–Crippen LogP) is 5.28. The van der Waals surface area contributed by atoms with Crippen LogP contribution < -0.4 is 10.6 Å². The van der Waals surface area contributed by atoms with Gasteiger partial charge >= 0.3 is 0 Å².